The second-order valence-electron chi connectivity index (χ2n) is 8.73. The predicted molar refractivity (Wildman–Crippen MR) is 103 cm³/mol. The molecule has 8 atom stereocenters. The molecule has 150 valence electrons. The van der Waals surface area contributed by atoms with Crippen molar-refractivity contribution in [1.29, 1.82) is 0 Å². The molecule has 0 spiro atoms. The van der Waals surface area contributed by atoms with Crippen LogP contribution in [0, 0.1) is 29.6 Å². The van der Waals surface area contributed by atoms with Crippen LogP contribution in [0.3, 0.4) is 0 Å². The van der Waals surface area contributed by atoms with Crippen LogP contribution in [0.1, 0.15) is 38.5 Å². The van der Waals surface area contributed by atoms with Gasteiger partial charge in [-0.15, -0.1) is 11.8 Å². The third kappa shape index (κ3) is 2.01. The van der Waals surface area contributed by atoms with Crippen LogP contribution in [0.25, 0.3) is 0 Å². The maximum Gasteiger partial charge on any atom is 0.326 e. The van der Waals surface area contributed by atoms with Gasteiger partial charge in [0, 0.05) is 15.5 Å². The van der Waals surface area contributed by atoms with Gasteiger partial charge in [-0.3, -0.25) is 19.3 Å². The Labute approximate surface area is 169 Å². The number of carboxylic acids is 1. The van der Waals surface area contributed by atoms with E-state index in [2.05, 4.69) is 18.8 Å². The number of carboxylic acid groups (broad SMARTS) is 1. The Morgan fingerprint density at radius 1 is 1.29 bits per heavy atom. The SMILES string of the molecule is CC[C@@]1(C)c2sc(=O)[nH]c2SC2C1[C@H]1C[C@H]2C2C(=O)N(C(C)C(=O)O)C(=O)C21. The monoisotopic (exact) mass is 422 g/mol. The lowest BCUT2D eigenvalue weighted by Gasteiger charge is -2.48. The number of nitrogens with zero attached hydrogens (tertiary/aromatic N) is 1. The molecule has 28 heavy (non-hydrogen) atoms. The molecule has 3 fully saturated rings. The van der Waals surface area contributed by atoms with Crippen LogP contribution in [0.2, 0.25) is 0 Å². The summed E-state index contributed by atoms with van der Waals surface area (Å²) in [5.41, 5.74) is -0.214. The number of rotatable bonds is 3. The number of carbonyl (C=O) groups is 3. The molecular weight excluding hydrogens is 400 g/mol. The van der Waals surface area contributed by atoms with Crippen molar-refractivity contribution in [3.8, 4) is 0 Å². The fourth-order valence-corrected chi connectivity index (χ4v) is 9.60. The molecule has 7 nitrogen and oxygen atoms in total. The number of aliphatic carboxylic acids is 1. The van der Waals surface area contributed by atoms with Gasteiger partial charge in [-0.25, -0.2) is 4.79 Å². The van der Waals surface area contributed by atoms with Gasteiger partial charge in [0.1, 0.15) is 6.04 Å². The van der Waals surface area contributed by atoms with Crippen LogP contribution < -0.4 is 4.87 Å². The number of likely N-dealkylation sites (tertiary alicyclic amines) is 1. The van der Waals surface area contributed by atoms with E-state index in [0.717, 1.165) is 27.6 Å². The number of H-pyrrole nitrogens is 1. The van der Waals surface area contributed by atoms with Crippen molar-refractivity contribution in [3.63, 3.8) is 0 Å². The Hall–Kier alpha value is -1.61. The van der Waals surface area contributed by atoms with Gasteiger partial charge in [0.15, 0.2) is 0 Å². The summed E-state index contributed by atoms with van der Waals surface area (Å²) < 4.78 is 0. The smallest absolute Gasteiger partial charge is 0.326 e. The van der Waals surface area contributed by atoms with Crippen LogP contribution in [0.5, 0.6) is 0 Å². The van der Waals surface area contributed by atoms with Crippen LogP contribution in [0.4, 0.5) is 0 Å². The average molecular weight is 423 g/mol. The number of imide groups is 1. The van der Waals surface area contributed by atoms with Gasteiger partial charge in [-0.05, 0) is 37.5 Å². The Kier molecular flexibility index (Phi) is 3.76. The van der Waals surface area contributed by atoms with E-state index in [1.807, 2.05) is 0 Å². The van der Waals surface area contributed by atoms with Gasteiger partial charge in [0.05, 0.1) is 16.9 Å². The summed E-state index contributed by atoms with van der Waals surface area (Å²) in [6, 6.07) is -1.13. The molecule has 2 bridgehead atoms. The lowest BCUT2D eigenvalue weighted by Crippen LogP contribution is -2.49. The molecule has 4 aliphatic rings. The number of thioether (sulfide) groups is 1. The predicted octanol–water partition coefficient (Wildman–Crippen LogP) is 1.92. The first-order valence-corrected chi connectivity index (χ1v) is 11.4. The van der Waals surface area contributed by atoms with Crippen molar-refractivity contribution < 1.29 is 19.5 Å². The van der Waals surface area contributed by atoms with Gasteiger partial charge in [-0.2, -0.15) is 0 Å². The maximum atomic E-state index is 13.1. The largest absolute Gasteiger partial charge is 0.480 e. The van der Waals surface area contributed by atoms with Gasteiger partial charge in [-0.1, -0.05) is 25.2 Å². The summed E-state index contributed by atoms with van der Waals surface area (Å²) >= 11 is 2.92. The third-order valence-electron chi connectivity index (χ3n) is 7.74. The van der Waals surface area contributed by atoms with E-state index in [-0.39, 0.29) is 45.1 Å². The molecule has 0 aromatic carbocycles. The van der Waals surface area contributed by atoms with E-state index >= 15 is 0 Å². The van der Waals surface area contributed by atoms with Crippen molar-refractivity contribution in [1.82, 2.24) is 9.88 Å². The van der Waals surface area contributed by atoms with E-state index in [0.29, 0.717) is 0 Å². The van der Waals surface area contributed by atoms with Crippen LogP contribution >= 0.6 is 23.1 Å². The molecule has 1 aromatic rings. The number of fused-ring (bicyclic) bond motifs is 9. The summed E-state index contributed by atoms with van der Waals surface area (Å²) in [7, 11) is 0. The first-order valence-electron chi connectivity index (χ1n) is 9.70. The molecule has 2 N–H and O–H groups in total. The molecule has 2 amide bonds. The highest BCUT2D eigenvalue weighted by Crippen LogP contribution is 2.69. The quantitative estimate of drug-likeness (QED) is 0.721. The standard InChI is InChI=1S/C19H22N2O5S2/c1-4-19(3)11-7-5-8(12(11)27-14-13(19)28-18(26)20-14)10-9(7)15(22)21(16(10)23)6(2)17(24)25/h6-12H,4-5H2,1-3H3,(H,20,26)(H,24,25)/t6?,7-,8-,9?,10?,11?,12?,19+/m0/s1. The van der Waals surface area contributed by atoms with Crippen molar-refractivity contribution >= 4 is 40.9 Å². The van der Waals surface area contributed by atoms with Gasteiger partial charge >= 0.3 is 10.8 Å². The molecular formula is C19H22N2O5S2. The summed E-state index contributed by atoms with van der Waals surface area (Å²) in [6.45, 7) is 5.70. The van der Waals surface area contributed by atoms with Gasteiger partial charge in [0.2, 0.25) is 11.8 Å². The Morgan fingerprint density at radius 2 is 1.93 bits per heavy atom. The van der Waals surface area contributed by atoms with Crippen molar-refractivity contribution in [3.05, 3.63) is 14.5 Å². The van der Waals surface area contributed by atoms with Crippen molar-refractivity contribution in [2.45, 2.75) is 55.3 Å². The minimum atomic E-state index is -1.15. The van der Waals surface area contributed by atoms with E-state index in [1.165, 1.54) is 18.3 Å². The highest BCUT2D eigenvalue weighted by molar-refractivity contribution is 8.00. The zero-order chi connectivity index (χ0) is 20.1. The highest BCUT2D eigenvalue weighted by Gasteiger charge is 2.71. The average Bonchev–Trinajstić information content (AvgIpc) is 3.36. The number of thiazole rings is 1. The maximum absolute atomic E-state index is 13.1. The zero-order valence-electron chi connectivity index (χ0n) is 15.8. The van der Waals surface area contributed by atoms with E-state index in [1.54, 1.807) is 11.8 Å². The molecule has 2 aliphatic carbocycles. The normalized spacial score (nSPS) is 41.8. The number of carbonyl (C=O) groups excluding carboxylic acids is 2. The Bertz CT molecular complexity index is 970. The molecule has 5 rings (SSSR count). The molecule has 9 heteroatoms. The molecule has 5 unspecified atom stereocenters. The van der Waals surface area contributed by atoms with Gasteiger partial charge in [0.25, 0.3) is 0 Å². The lowest BCUT2D eigenvalue weighted by molar-refractivity contribution is -0.154. The van der Waals surface area contributed by atoms with Crippen LogP contribution in [0.15, 0.2) is 9.82 Å². The first kappa shape index (κ1) is 18.4. The topological polar surface area (TPSA) is 108 Å². The third-order valence-corrected chi connectivity index (χ3v) is 10.5. The molecule has 2 saturated carbocycles. The van der Waals surface area contributed by atoms with Gasteiger partial charge < -0.3 is 10.1 Å². The molecule has 1 aromatic heterocycles. The van der Waals surface area contributed by atoms with Crippen LogP contribution in [-0.2, 0) is 19.8 Å². The fourth-order valence-electron chi connectivity index (χ4n) is 6.41. The van der Waals surface area contributed by atoms with E-state index in [4.69, 9.17) is 0 Å². The molecule has 2 aliphatic heterocycles. The number of aromatic amines is 1. The number of hydrogen-bond donors (Lipinski definition) is 2. The number of hydrogen-bond acceptors (Lipinski definition) is 6. The molecule has 0 radical (unpaired) electrons. The second kappa shape index (κ2) is 5.72. The Morgan fingerprint density at radius 3 is 2.54 bits per heavy atom. The molecule has 1 saturated heterocycles. The summed E-state index contributed by atoms with van der Waals surface area (Å²) in [4.78, 5) is 54.6. The van der Waals surface area contributed by atoms with Crippen LogP contribution in [-0.4, -0.2) is 44.1 Å². The van der Waals surface area contributed by atoms with E-state index < -0.39 is 23.8 Å². The summed E-state index contributed by atoms with van der Waals surface area (Å²) in [5.74, 6) is -2.29. The van der Waals surface area contributed by atoms with E-state index in [9.17, 15) is 24.3 Å². The minimum absolute atomic E-state index is 0.0508. The first-order chi connectivity index (χ1) is 13.2. The number of aromatic nitrogens is 1. The molecule has 3 heterocycles. The van der Waals surface area contributed by atoms with Crippen molar-refractivity contribution in [2.24, 2.45) is 29.6 Å². The summed E-state index contributed by atoms with van der Waals surface area (Å²) in [5, 5.41) is 10.4. The van der Waals surface area contributed by atoms with Crippen molar-refractivity contribution in [2.75, 3.05) is 0 Å². The second-order valence-corrected chi connectivity index (χ2v) is 10.9. The minimum Gasteiger partial charge on any atom is -0.480 e. The fraction of sp³-hybridized carbons (Fsp3) is 0.684. The summed E-state index contributed by atoms with van der Waals surface area (Å²) in [6.07, 6.45) is 1.69. The zero-order valence-corrected chi connectivity index (χ0v) is 17.4. The Balaban J connectivity index is 1.59. The number of amides is 2. The highest BCUT2D eigenvalue weighted by atomic mass is 32.2. The lowest BCUT2D eigenvalue weighted by atomic mass is 9.62. The number of nitrogens with one attached hydrogen (secondary N) is 1.